The first kappa shape index (κ1) is 11.1. The van der Waals surface area contributed by atoms with Crippen LogP contribution in [0.1, 0.15) is 24.8 Å². The van der Waals surface area contributed by atoms with Crippen LogP contribution in [-0.2, 0) is 10.2 Å². The first-order chi connectivity index (χ1) is 8.64. The van der Waals surface area contributed by atoms with Gasteiger partial charge in [-0.2, -0.15) is 0 Å². The summed E-state index contributed by atoms with van der Waals surface area (Å²) in [5, 5.41) is 9.96. The van der Waals surface area contributed by atoms with Gasteiger partial charge in [-0.05, 0) is 36.6 Å². The van der Waals surface area contributed by atoms with Gasteiger partial charge in [0.1, 0.15) is 0 Å². The number of carboxylic acid groups (broad SMARTS) is 1. The molecule has 2 aromatic rings. The molecule has 1 aliphatic rings. The molecule has 1 aliphatic carbocycles. The number of rotatable bonds is 4. The molecule has 1 aromatic carbocycles. The topological polar surface area (TPSA) is 59.7 Å². The summed E-state index contributed by atoms with van der Waals surface area (Å²) in [6.07, 6.45) is 3.64. The molecule has 18 heavy (non-hydrogen) atoms. The summed E-state index contributed by atoms with van der Waals surface area (Å²) in [6.45, 7) is 0. The van der Waals surface area contributed by atoms with Gasteiger partial charge in [0, 0.05) is 10.8 Å². The number of carboxylic acids is 1. The molecular weight excluding hydrogens is 232 g/mol. The normalized spacial score (nSPS) is 16.7. The maximum absolute atomic E-state index is 10.9. The van der Waals surface area contributed by atoms with Crippen molar-refractivity contribution < 1.29 is 19.1 Å². The number of benzene rings is 1. The van der Waals surface area contributed by atoms with Crippen molar-refractivity contribution in [3.63, 3.8) is 0 Å². The Morgan fingerprint density at radius 3 is 2.89 bits per heavy atom. The predicted molar refractivity (Wildman–Crippen MR) is 65.9 cm³/mol. The molecule has 0 radical (unpaired) electrons. The second-order valence-corrected chi connectivity index (χ2v) is 4.87. The zero-order valence-electron chi connectivity index (χ0n) is 10.1. The Hall–Kier alpha value is -1.97. The van der Waals surface area contributed by atoms with Gasteiger partial charge >= 0.3 is 5.97 Å². The van der Waals surface area contributed by atoms with Crippen LogP contribution in [-0.4, -0.2) is 18.2 Å². The highest BCUT2D eigenvalue weighted by Gasteiger charge is 2.46. The Morgan fingerprint density at radius 2 is 2.28 bits per heavy atom. The highest BCUT2D eigenvalue weighted by Crippen LogP contribution is 2.52. The minimum Gasteiger partial charge on any atom is -0.493 e. The molecule has 0 aliphatic heterocycles. The van der Waals surface area contributed by atoms with Gasteiger partial charge in [-0.15, -0.1) is 0 Å². The molecule has 3 rings (SSSR count). The number of hydrogen-bond acceptors (Lipinski definition) is 3. The monoisotopic (exact) mass is 246 g/mol. The van der Waals surface area contributed by atoms with Crippen molar-refractivity contribution >= 4 is 16.9 Å². The SMILES string of the molecule is COc1cc(C2(CC(=O)O)CC2)cc2ccoc12. The van der Waals surface area contributed by atoms with Crippen molar-refractivity contribution in [3.05, 3.63) is 30.0 Å². The van der Waals surface area contributed by atoms with E-state index in [2.05, 4.69) is 0 Å². The third-order valence-electron chi connectivity index (χ3n) is 3.69. The number of ether oxygens (including phenoxy) is 1. The van der Waals surface area contributed by atoms with E-state index in [4.69, 9.17) is 14.3 Å². The molecule has 0 saturated heterocycles. The van der Waals surface area contributed by atoms with Crippen LogP contribution in [0.4, 0.5) is 0 Å². The molecule has 4 heteroatoms. The largest absolute Gasteiger partial charge is 0.493 e. The summed E-state index contributed by atoms with van der Waals surface area (Å²) in [5.74, 6) is -0.0806. The Balaban J connectivity index is 2.09. The molecular formula is C14H14O4. The highest BCUT2D eigenvalue weighted by atomic mass is 16.5. The van der Waals surface area contributed by atoms with Gasteiger partial charge in [0.05, 0.1) is 19.8 Å². The quantitative estimate of drug-likeness (QED) is 0.901. The third-order valence-corrected chi connectivity index (χ3v) is 3.69. The minimum absolute atomic E-state index is 0.180. The lowest BCUT2D eigenvalue weighted by Gasteiger charge is -2.14. The van der Waals surface area contributed by atoms with Crippen LogP contribution in [0, 0.1) is 0 Å². The lowest BCUT2D eigenvalue weighted by atomic mass is 9.91. The minimum atomic E-state index is -0.751. The van der Waals surface area contributed by atoms with E-state index >= 15 is 0 Å². The molecule has 0 bridgehead atoms. The maximum Gasteiger partial charge on any atom is 0.304 e. The standard InChI is InChI=1S/C14H14O4/c1-17-11-7-10(6-9-2-5-18-13(9)11)14(3-4-14)8-12(15)16/h2,5-7H,3-4,8H2,1H3,(H,15,16). The highest BCUT2D eigenvalue weighted by molar-refractivity contribution is 5.84. The average molecular weight is 246 g/mol. The molecule has 1 fully saturated rings. The van der Waals surface area contributed by atoms with Gasteiger partial charge in [0.15, 0.2) is 11.3 Å². The Kier molecular flexibility index (Phi) is 2.33. The van der Waals surface area contributed by atoms with Crippen LogP contribution in [0.5, 0.6) is 5.75 Å². The Morgan fingerprint density at radius 1 is 1.50 bits per heavy atom. The van der Waals surface area contributed by atoms with Crippen molar-refractivity contribution in [2.24, 2.45) is 0 Å². The fourth-order valence-corrected chi connectivity index (χ4v) is 2.51. The Bertz CT molecular complexity index is 607. The van der Waals surface area contributed by atoms with Crippen LogP contribution < -0.4 is 4.74 Å². The summed E-state index contributed by atoms with van der Waals surface area (Å²) >= 11 is 0. The van der Waals surface area contributed by atoms with Gasteiger partial charge < -0.3 is 14.3 Å². The van der Waals surface area contributed by atoms with Crippen LogP contribution >= 0.6 is 0 Å². The number of furan rings is 1. The Labute approximate surface area is 104 Å². The molecule has 0 amide bonds. The van der Waals surface area contributed by atoms with Crippen molar-refractivity contribution in [3.8, 4) is 5.75 Å². The molecule has 1 saturated carbocycles. The van der Waals surface area contributed by atoms with E-state index in [1.165, 1.54) is 0 Å². The van der Waals surface area contributed by atoms with E-state index in [1.54, 1.807) is 13.4 Å². The number of carbonyl (C=O) groups is 1. The summed E-state index contributed by atoms with van der Waals surface area (Å²) in [7, 11) is 1.60. The molecule has 94 valence electrons. The van der Waals surface area contributed by atoms with Gasteiger partial charge in [-0.25, -0.2) is 0 Å². The van der Waals surface area contributed by atoms with Crippen molar-refractivity contribution in [1.29, 1.82) is 0 Å². The maximum atomic E-state index is 10.9. The van der Waals surface area contributed by atoms with Gasteiger partial charge in [-0.1, -0.05) is 0 Å². The summed E-state index contributed by atoms with van der Waals surface area (Å²) in [4.78, 5) is 10.9. The summed E-state index contributed by atoms with van der Waals surface area (Å²) in [5.41, 5.74) is 1.55. The predicted octanol–water partition coefficient (Wildman–Crippen LogP) is 2.95. The fourth-order valence-electron chi connectivity index (χ4n) is 2.51. The molecule has 1 N–H and O–H groups in total. The van der Waals surface area contributed by atoms with E-state index in [0.717, 1.165) is 23.8 Å². The van der Waals surface area contributed by atoms with Crippen LogP contribution in [0.25, 0.3) is 11.0 Å². The molecule has 0 spiro atoms. The van der Waals surface area contributed by atoms with Crippen molar-refractivity contribution in [2.45, 2.75) is 24.7 Å². The second-order valence-electron chi connectivity index (χ2n) is 4.87. The van der Waals surface area contributed by atoms with Gasteiger partial charge in [0.2, 0.25) is 0 Å². The van der Waals surface area contributed by atoms with Crippen molar-refractivity contribution in [1.82, 2.24) is 0 Å². The van der Waals surface area contributed by atoms with Crippen molar-refractivity contribution in [2.75, 3.05) is 7.11 Å². The lowest BCUT2D eigenvalue weighted by Crippen LogP contribution is -2.13. The molecule has 1 heterocycles. The number of aliphatic carboxylic acids is 1. The van der Waals surface area contributed by atoms with E-state index in [9.17, 15) is 4.79 Å². The fraction of sp³-hybridized carbons (Fsp3) is 0.357. The van der Waals surface area contributed by atoms with Gasteiger partial charge in [-0.3, -0.25) is 4.79 Å². The zero-order chi connectivity index (χ0) is 12.8. The molecule has 0 unspecified atom stereocenters. The average Bonchev–Trinajstić information content (AvgIpc) is 2.95. The number of fused-ring (bicyclic) bond motifs is 1. The van der Waals surface area contributed by atoms with E-state index in [0.29, 0.717) is 11.3 Å². The second kappa shape index (κ2) is 3.77. The number of methoxy groups -OCH3 is 1. The van der Waals surface area contributed by atoms with Crippen LogP contribution in [0.3, 0.4) is 0 Å². The summed E-state index contributed by atoms with van der Waals surface area (Å²) < 4.78 is 10.7. The molecule has 0 atom stereocenters. The lowest BCUT2D eigenvalue weighted by molar-refractivity contribution is -0.137. The first-order valence-corrected chi connectivity index (χ1v) is 5.92. The smallest absolute Gasteiger partial charge is 0.304 e. The van der Waals surface area contributed by atoms with Gasteiger partial charge in [0.25, 0.3) is 0 Å². The molecule has 1 aromatic heterocycles. The van der Waals surface area contributed by atoms with Crippen LogP contribution in [0.2, 0.25) is 0 Å². The molecule has 4 nitrogen and oxygen atoms in total. The van der Waals surface area contributed by atoms with Crippen LogP contribution in [0.15, 0.2) is 28.9 Å². The number of hydrogen-bond donors (Lipinski definition) is 1. The first-order valence-electron chi connectivity index (χ1n) is 5.92. The van der Waals surface area contributed by atoms with E-state index < -0.39 is 5.97 Å². The third kappa shape index (κ3) is 1.65. The zero-order valence-corrected chi connectivity index (χ0v) is 10.1. The van der Waals surface area contributed by atoms with E-state index in [-0.39, 0.29) is 11.8 Å². The van der Waals surface area contributed by atoms with E-state index in [1.807, 2.05) is 18.2 Å². The summed E-state index contributed by atoms with van der Waals surface area (Å²) in [6, 6.07) is 5.79.